The fourth-order valence-corrected chi connectivity index (χ4v) is 2.55. The highest BCUT2D eigenvalue weighted by Gasteiger charge is 2.15. The largest absolute Gasteiger partial charge is 0.497 e. The molecule has 1 heterocycles. The first kappa shape index (κ1) is 13.6. The predicted octanol–water partition coefficient (Wildman–Crippen LogP) is 3.15. The number of hydrogen-bond acceptors (Lipinski definition) is 3. The van der Waals surface area contributed by atoms with Crippen LogP contribution in [0.5, 0.6) is 5.75 Å². The smallest absolute Gasteiger partial charge is 0.121 e. The molecule has 0 aliphatic rings. The molecule has 3 rings (SSSR count). The highest BCUT2D eigenvalue weighted by Crippen LogP contribution is 2.27. The van der Waals surface area contributed by atoms with E-state index in [1.54, 1.807) is 13.3 Å². The molecule has 0 spiro atoms. The first-order valence-electron chi connectivity index (χ1n) is 7.00. The first-order chi connectivity index (χ1) is 10.2. The number of aliphatic hydroxyl groups is 1. The second-order valence-corrected chi connectivity index (χ2v) is 4.95. The highest BCUT2D eigenvalue weighted by atomic mass is 16.5. The average molecular weight is 282 g/mol. The Morgan fingerprint density at radius 2 is 1.90 bits per heavy atom. The van der Waals surface area contributed by atoms with Gasteiger partial charge in [0.15, 0.2) is 0 Å². The summed E-state index contributed by atoms with van der Waals surface area (Å²) in [4.78, 5) is 0. The third-order valence-corrected chi connectivity index (χ3v) is 3.72. The molecule has 1 N–H and O–H groups in total. The molecule has 1 atom stereocenters. The summed E-state index contributed by atoms with van der Waals surface area (Å²) in [5.41, 5.74) is 1.67. The van der Waals surface area contributed by atoms with E-state index in [0.717, 1.165) is 34.3 Å². The Bertz CT molecular complexity index is 764. The maximum absolute atomic E-state index is 10.6. The van der Waals surface area contributed by atoms with Gasteiger partial charge in [-0.3, -0.25) is 4.68 Å². The van der Waals surface area contributed by atoms with Crippen molar-refractivity contribution in [2.75, 3.05) is 7.11 Å². The molecular weight excluding hydrogens is 264 g/mol. The minimum atomic E-state index is -0.668. The lowest BCUT2D eigenvalue weighted by atomic mass is 10.0. The minimum absolute atomic E-state index is 0.668. The van der Waals surface area contributed by atoms with E-state index in [1.165, 1.54) is 0 Å². The van der Waals surface area contributed by atoms with Crippen molar-refractivity contribution in [1.29, 1.82) is 0 Å². The number of benzene rings is 2. The van der Waals surface area contributed by atoms with Crippen molar-refractivity contribution >= 4 is 10.8 Å². The molecule has 3 aromatic rings. The molecule has 0 bridgehead atoms. The van der Waals surface area contributed by atoms with Crippen LogP contribution in [0.3, 0.4) is 0 Å². The van der Waals surface area contributed by atoms with Gasteiger partial charge in [0, 0.05) is 12.7 Å². The molecule has 21 heavy (non-hydrogen) atoms. The van der Waals surface area contributed by atoms with E-state index in [-0.39, 0.29) is 0 Å². The standard InChI is InChI=1S/C17H18N2O2/c1-3-19-16(8-9-18-19)17(20)14-5-4-13-11-15(21-2)7-6-12(13)10-14/h4-11,17,20H,3H2,1-2H3. The molecule has 1 unspecified atom stereocenters. The summed E-state index contributed by atoms with van der Waals surface area (Å²) >= 11 is 0. The van der Waals surface area contributed by atoms with Crippen LogP contribution in [-0.4, -0.2) is 22.0 Å². The van der Waals surface area contributed by atoms with Gasteiger partial charge >= 0.3 is 0 Å². The van der Waals surface area contributed by atoms with E-state index in [2.05, 4.69) is 5.10 Å². The van der Waals surface area contributed by atoms with Gasteiger partial charge in [0.1, 0.15) is 11.9 Å². The number of ether oxygens (including phenoxy) is 1. The summed E-state index contributed by atoms with van der Waals surface area (Å²) in [7, 11) is 1.66. The molecule has 0 saturated carbocycles. The molecular formula is C17H18N2O2. The average Bonchev–Trinajstić information content (AvgIpc) is 3.01. The quantitative estimate of drug-likeness (QED) is 0.799. The van der Waals surface area contributed by atoms with E-state index in [9.17, 15) is 5.11 Å². The van der Waals surface area contributed by atoms with Crippen molar-refractivity contribution in [3.8, 4) is 5.75 Å². The molecule has 4 heteroatoms. The van der Waals surface area contributed by atoms with Crippen LogP contribution in [0.15, 0.2) is 48.7 Å². The molecule has 0 aliphatic carbocycles. The summed E-state index contributed by atoms with van der Waals surface area (Å²) in [6.07, 6.45) is 1.05. The van der Waals surface area contributed by atoms with Crippen LogP contribution >= 0.6 is 0 Å². The second-order valence-electron chi connectivity index (χ2n) is 4.95. The third-order valence-electron chi connectivity index (χ3n) is 3.72. The molecule has 0 fully saturated rings. The normalized spacial score (nSPS) is 12.5. The maximum atomic E-state index is 10.6. The lowest BCUT2D eigenvalue weighted by Crippen LogP contribution is -2.08. The van der Waals surface area contributed by atoms with Gasteiger partial charge in [-0.2, -0.15) is 5.10 Å². The molecule has 0 saturated heterocycles. The third kappa shape index (κ3) is 2.50. The van der Waals surface area contributed by atoms with Crippen LogP contribution in [-0.2, 0) is 6.54 Å². The van der Waals surface area contributed by atoms with Crippen LogP contribution in [0.4, 0.5) is 0 Å². The maximum Gasteiger partial charge on any atom is 0.121 e. The summed E-state index contributed by atoms with van der Waals surface area (Å²) in [5.74, 6) is 0.833. The molecule has 108 valence electrons. The van der Waals surface area contributed by atoms with Crippen molar-refractivity contribution < 1.29 is 9.84 Å². The summed E-state index contributed by atoms with van der Waals surface area (Å²) in [5, 5.41) is 16.9. The zero-order chi connectivity index (χ0) is 14.8. The van der Waals surface area contributed by atoms with Gasteiger partial charge in [-0.25, -0.2) is 0 Å². The van der Waals surface area contributed by atoms with Crippen LogP contribution in [0.2, 0.25) is 0 Å². The highest BCUT2D eigenvalue weighted by molar-refractivity contribution is 5.84. The van der Waals surface area contributed by atoms with Gasteiger partial charge in [0.05, 0.1) is 12.8 Å². The summed E-state index contributed by atoms with van der Waals surface area (Å²) < 4.78 is 7.04. The van der Waals surface area contributed by atoms with Crippen molar-refractivity contribution in [2.24, 2.45) is 0 Å². The first-order valence-corrected chi connectivity index (χ1v) is 7.00. The topological polar surface area (TPSA) is 47.3 Å². The Morgan fingerprint density at radius 3 is 2.67 bits per heavy atom. The fraction of sp³-hybridized carbons (Fsp3) is 0.235. The Balaban J connectivity index is 2.01. The molecule has 0 amide bonds. The van der Waals surface area contributed by atoms with E-state index in [0.29, 0.717) is 0 Å². The monoisotopic (exact) mass is 282 g/mol. The number of fused-ring (bicyclic) bond motifs is 1. The summed E-state index contributed by atoms with van der Waals surface area (Å²) in [6, 6.07) is 13.7. The minimum Gasteiger partial charge on any atom is -0.497 e. The van der Waals surface area contributed by atoms with E-state index >= 15 is 0 Å². The molecule has 1 aromatic heterocycles. The zero-order valence-electron chi connectivity index (χ0n) is 12.2. The van der Waals surface area contributed by atoms with Crippen LogP contribution in [0.1, 0.15) is 24.3 Å². The van der Waals surface area contributed by atoms with Gasteiger partial charge < -0.3 is 9.84 Å². The van der Waals surface area contributed by atoms with Gasteiger partial charge in [0.25, 0.3) is 0 Å². The molecule has 0 aliphatic heterocycles. The van der Waals surface area contributed by atoms with E-state index in [4.69, 9.17) is 4.74 Å². The van der Waals surface area contributed by atoms with Crippen molar-refractivity contribution in [1.82, 2.24) is 9.78 Å². The van der Waals surface area contributed by atoms with Gasteiger partial charge in [-0.15, -0.1) is 0 Å². The SMILES string of the molecule is CCn1nccc1C(O)c1ccc2cc(OC)ccc2c1. The number of hydrogen-bond donors (Lipinski definition) is 1. The van der Waals surface area contributed by atoms with E-state index in [1.807, 2.05) is 54.1 Å². The Hall–Kier alpha value is -2.33. The number of rotatable bonds is 4. The van der Waals surface area contributed by atoms with Crippen molar-refractivity contribution in [3.63, 3.8) is 0 Å². The van der Waals surface area contributed by atoms with Crippen LogP contribution in [0, 0.1) is 0 Å². The number of methoxy groups -OCH3 is 1. The predicted molar refractivity (Wildman–Crippen MR) is 82.5 cm³/mol. The molecule has 2 aromatic carbocycles. The Morgan fingerprint density at radius 1 is 1.14 bits per heavy atom. The van der Waals surface area contributed by atoms with E-state index < -0.39 is 6.10 Å². The fourth-order valence-electron chi connectivity index (χ4n) is 2.55. The van der Waals surface area contributed by atoms with Gasteiger partial charge in [-0.1, -0.05) is 18.2 Å². The van der Waals surface area contributed by atoms with Gasteiger partial charge in [0.2, 0.25) is 0 Å². The molecule has 0 radical (unpaired) electrons. The lowest BCUT2D eigenvalue weighted by Gasteiger charge is -2.14. The summed E-state index contributed by atoms with van der Waals surface area (Å²) in [6.45, 7) is 2.75. The number of aliphatic hydroxyl groups excluding tert-OH is 1. The number of nitrogens with zero attached hydrogens (tertiary/aromatic N) is 2. The van der Waals surface area contributed by atoms with Crippen LogP contribution in [0.25, 0.3) is 10.8 Å². The molecule has 4 nitrogen and oxygen atoms in total. The van der Waals surface area contributed by atoms with Crippen molar-refractivity contribution in [2.45, 2.75) is 19.6 Å². The lowest BCUT2D eigenvalue weighted by molar-refractivity contribution is 0.208. The zero-order valence-corrected chi connectivity index (χ0v) is 12.2. The Labute approximate surface area is 123 Å². The van der Waals surface area contributed by atoms with Gasteiger partial charge in [-0.05, 0) is 47.5 Å². The van der Waals surface area contributed by atoms with Crippen molar-refractivity contribution in [3.05, 3.63) is 59.9 Å². The number of aromatic nitrogens is 2. The second kappa shape index (κ2) is 5.58. The number of aryl methyl sites for hydroxylation is 1. The van der Waals surface area contributed by atoms with Crippen LogP contribution < -0.4 is 4.74 Å². The Kier molecular flexibility index (Phi) is 3.62.